The fourth-order valence-corrected chi connectivity index (χ4v) is 2.34. The maximum Gasteiger partial charge on any atom is 0.253 e. The lowest BCUT2D eigenvalue weighted by Crippen LogP contribution is -2.40. The molecule has 1 saturated heterocycles. The molecule has 4 nitrogen and oxygen atoms in total. The van der Waals surface area contributed by atoms with E-state index in [9.17, 15) is 9.90 Å². The Kier molecular flexibility index (Phi) is 4.20. The Morgan fingerprint density at radius 1 is 1.56 bits per heavy atom. The third kappa shape index (κ3) is 2.82. The van der Waals surface area contributed by atoms with Crippen molar-refractivity contribution in [3.05, 3.63) is 29.8 Å². The fraction of sp³-hybridized carbons (Fsp3) is 0.500. The van der Waals surface area contributed by atoms with Crippen LogP contribution in [0.25, 0.3) is 0 Å². The molecule has 18 heavy (non-hydrogen) atoms. The number of aliphatic hydroxyl groups excluding tert-OH is 1. The third-order valence-corrected chi connectivity index (χ3v) is 3.38. The number of aliphatic hydroxyl groups is 1. The first kappa shape index (κ1) is 12.9. The van der Waals surface area contributed by atoms with Crippen LogP contribution >= 0.6 is 0 Å². The van der Waals surface area contributed by atoms with E-state index in [1.54, 1.807) is 19.2 Å². The molecular formula is C14H19NO3. The number of hydrogen-bond donors (Lipinski definition) is 1. The predicted octanol–water partition coefficient (Wildman–Crippen LogP) is 1.54. The van der Waals surface area contributed by atoms with Crippen LogP contribution in [-0.2, 0) is 0 Å². The van der Waals surface area contributed by atoms with Crippen molar-refractivity contribution in [2.75, 3.05) is 26.8 Å². The summed E-state index contributed by atoms with van der Waals surface area (Å²) >= 11 is 0. The second kappa shape index (κ2) is 5.87. The van der Waals surface area contributed by atoms with Gasteiger partial charge in [0.1, 0.15) is 5.75 Å². The smallest absolute Gasteiger partial charge is 0.253 e. The van der Waals surface area contributed by atoms with Crippen LogP contribution in [0.3, 0.4) is 0 Å². The number of amides is 1. The van der Waals surface area contributed by atoms with E-state index in [-0.39, 0.29) is 18.4 Å². The highest BCUT2D eigenvalue weighted by Crippen LogP contribution is 2.20. The summed E-state index contributed by atoms with van der Waals surface area (Å²) in [5.41, 5.74) is 0.646. The van der Waals surface area contributed by atoms with Gasteiger partial charge in [0.25, 0.3) is 5.91 Å². The Morgan fingerprint density at radius 2 is 2.39 bits per heavy atom. The lowest BCUT2D eigenvalue weighted by Gasteiger charge is -2.32. The average molecular weight is 249 g/mol. The van der Waals surface area contributed by atoms with Gasteiger partial charge < -0.3 is 14.7 Å². The van der Waals surface area contributed by atoms with Crippen molar-refractivity contribution in [2.24, 2.45) is 5.92 Å². The number of nitrogens with zero attached hydrogens (tertiary/aromatic N) is 1. The largest absolute Gasteiger partial charge is 0.497 e. The lowest BCUT2D eigenvalue weighted by atomic mass is 9.98. The first-order valence-electron chi connectivity index (χ1n) is 6.28. The van der Waals surface area contributed by atoms with E-state index in [1.165, 1.54) is 0 Å². The number of carbonyl (C=O) groups excluding carboxylic acids is 1. The molecule has 4 heteroatoms. The quantitative estimate of drug-likeness (QED) is 0.884. The SMILES string of the molecule is COc1cccc(C(=O)N2CCCC(CO)C2)c1. The van der Waals surface area contributed by atoms with Crippen molar-refractivity contribution in [1.29, 1.82) is 0 Å². The van der Waals surface area contributed by atoms with E-state index >= 15 is 0 Å². The molecule has 1 amide bonds. The summed E-state index contributed by atoms with van der Waals surface area (Å²) in [4.78, 5) is 14.1. The van der Waals surface area contributed by atoms with Gasteiger partial charge in [-0.1, -0.05) is 6.07 Å². The van der Waals surface area contributed by atoms with Crippen LogP contribution in [0.2, 0.25) is 0 Å². The van der Waals surface area contributed by atoms with Gasteiger partial charge in [0, 0.05) is 25.3 Å². The standard InChI is InChI=1S/C14H19NO3/c1-18-13-6-2-5-12(8-13)14(17)15-7-3-4-11(9-15)10-16/h2,5-6,8,11,16H,3-4,7,9-10H2,1H3. The van der Waals surface area contributed by atoms with Gasteiger partial charge in [-0.05, 0) is 37.0 Å². The average Bonchev–Trinajstić information content (AvgIpc) is 2.46. The van der Waals surface area contributed by atoms with E-state index in [0.29, 0.717) is 17.9 Å². The van der Waals surface area contributed by atoms with Crippen molar-refractivity contribution in [3.63, 3.8) is 0 Å². The highest BCUT2D eigenvalue weighted by atomic mass is 16.5. The summed E-state index contributed by atoms with van der Waals surface area (Å²) in [5, 5.41) is 9.19. The molecule has 1 fully saturated rings. The van der Waals surface area contributed by atoms with Gasteiger partial charge in [0.05, 0.1) is 7.11 Å². The van der Waals surface area contributed by atoms with Crippen LogP contribution in [0, 0.1) is 5.92 Å². The van der Waals surface area contributed by atoms with Crippen molar-refractivity contribution in [1.82, 2.24) is 4.90 Å². The van der Waals surface area contributed by atoms with Crippen LogP contribution in [0.4, 0.5) is 0 Å². The van der Waals surface area contributed by atoms with Gasteiger partial charge in [-0.3, -0.25) is 4.79 Å². The molecule has 1 heterocycles. The van der Waals surface area contributed by atoms with Crippen molar-refractivity contribution < 1.29 is 14.6 Å². The minimum Gasteiger partial charge on any atom is -0.497 e. The maximum atomic E-state index is 12.3. The Bertz CT molecular complexity index is 419. The summed E-state index contributed by atoms with van der Waals surface area (Å²) in [5.74, 6) is 0.928. The van der Waals surface area contributed by atoms with E-state index in [4.69, 9.17) is 4.74 Å². The Hall–Kier alpha value is -1.55. The summed E-state index contributed by atoms with van der Waals surface area (Å²) in [6.07, 6.45) is 1.96. The zero-order chi connectivity index (χ0) is 13.0. The molecule has 0 aliphatic carbocycles. The Morgan fingerprint density at radius 3 is 3.11 bits per heavy atom. The van der Waals surface area contributed by atoms with E-state index in [1.807, 2.05) is 17.0 Å². The monoisotopic (exact) mass is 249 g/mol. The van der Waals surface area contributed by atoms with Crippen molar-refractivity contribution in [3.8, 4) is 5.75 Å². The molecule has 0 bridgehead atoms. The molecule has 1 aliphatic heterocycles. The minimum atomic E-state index is 0.0204. The number of methoxy groups -OCH3 is 1. The van der Waals surface area contributed by atoms with E-state index < -0.39 is 0 Å². The summed E-state index contributed by atoms with van der Waals surface area (Å²) < 4.78 is 5.12. The second-order valence-corrected chi connectivity index (χ2v) is 4.67. The summed E-state index contributed by atoms with van der Waals surface area (Å²) in [6, 6.07) is 7.20. The topological polar surface area (TPSA) is 49.8 Å². The molecule has 0 radical (unpaired) electrons. The number of benzene rings is 1. The van der Waals surface area contributed by atoms with E-state index in [0.717, 1.165) is 19.4 Å². The number of likely N-dealkylation sites (tertiary alicyclic amines) is 1. The van der Waals surface area contributed by atoms with Crippen molar-refractivity contribution >= 4 is 5.91 Å². The number of rotatable bonds is 3. The van der Waals surface area contributed by atoms with E-state index in [2.05, 4.69) is 0 Å². The van der Waals surface area contributed by atoms with Crippen molar-refractivity contribution in [2.45, 2.75) is 12.8 Å². The molecule has 1 atom stereocenters. The minimum absolute atomic E-state index is 0.0204. The number of ether oxygens (including phenoxy) is 1. The van der Waals surface area contributed by atoms with Crippen LogP contribution in [0.5, 0.6) is 5.75 Å². The summed E-state index contributed by atoms with van der Waals surface area (Å²) in [6.45, 7) is 1.57. The van der Waals surface area contributed by atoms with Gasteiger partial charge in [-0.25, -0.2) is 0 Å². The molecule has 2 rings (SSSR count). The van der Waals surface area contributed by atoms with Gasteiger partial charge in [0.2, 0.25) is 0 Å². The van der Waals surface area contributed by atoms with Crippen LogP contribution in [0.15, 0.2) is 24.3 Å². The highest BCUT2D eigenvalue weighted by molar-refractivity contribution is 5.94. The molecule has 1 unspecified atom stereocenters. The zero-order valence-electron chi connectivity index (χ0n) is 10.6. The molecule has 1 aromatic carbocycles. The van der Waals surface area contributed by atoms with Gasteiger partial charge in [-0.2, -0.15) is 0 Å². The summed E-state index contributed by atoms with van der Waals surface area (Å²) in [7, 11) is 1.59. The highest BCUT2D eigenvalue weighted by Gasteiger charge is 2.24. The van der Waals surface area contributed by atoms with Crippen LogP contribution < -0.4 is 4.74 Å². The number of hydrogen-bond acceptors (Lipinski definition) is 3. The number of carbonyl (C=O) groups is 1. The fourth-order valence-electron chi connectivity index (χ4n) is 2.34. The van der Waals surface area contributed by atoms with Crippen LogP contribution in [0.1, 0.15) is 23.2 Å². The molecule has 0 spiro atoms. The first-order valence-corrected chi connectivity index (χ1v) is 6.28. The zero-order valence-corrected chi connectivity index (χ0v) is 10.6. The maximum absolute atomic E-state index is 12.3. The normalized spacial score (nSPS) is 19.7. The lowest BCUT2D eigenvalue weighted by molar-refractivity contribution is 0.0620. The molecule has 0 aromatic heterocycles. The molecular weight excluding hydrogens is 230 g/mol. The van der Waals surface area contributed by atoms with Crippen LogP contribution in [-0.4, -0.2) is 42.7 Å². The molecule has 1 N–H and O–H groups in total. The van der Waals surface area contributed by atoms with Gasteiger partial charge >= 0.3 is 0 Å². The molecule has 0 saturated carbocycles. The van der Waals surface area contributed by atoms with Gasteiger partial charge in [-0.15, -0.1) is 0 Å². The number of piperidine rings is 1. The van der Waals surface area contributed by atoms with Gasteiger partial charge in [0.15, 0.2) is 0 Å². The molecule has 1 aliphatic rings. The second-order valence-electron chi connectivity index (χ2n) is 4.67. The predicted molar refractivity (Wildman–Crippen MR) is 68.7 cm³/mol. The first-order chi connectivity index (χ1) is 8.74. The molecule has 1 aromatic rings. The molecule has 98 valence electrons. The third-order valence-electron chi connectivity index (χ3n) is 3.38. The Labute approximate surface area is 107 Å². The Balaban J connectivity index is 2.10.